The highest BCUT2D eigenvalue weighted by Crippen LogP contribution is 2.11. The third kappa shape index (κ3) is 3.53. The zero-order chi connectivity index (χ0) is 13.7. The molecule has 0 aliphatic carbocycles. The Kier molecular flexibility index (Phi) is 4.50. The molecular weight excluding hydrogens is 249 g/mol. The number of aliphatic hydroxyl groups is 1. The summed E-state index contributed by atoms with van der Waals surface area (Å²) < 4.78 is 18.8. The first kappa shape index (κ1) is 13.5. The molecule has 2 N–H and O–H groups in total. The van der Waals surface area contributed by atoms with Crippen LogP contribution in [-0.2, 0) is 4.74 Å². The van der Waals surface area contributed by atoms with Crippen LogP contribution in [0.25, 0.3) is 0 Å². The molecule has 100 valence electrons. The van der Waals surface area contributed by atoms with E-state index in [0.717, 1.165) is 12.5 Å². The minimum Gasteiger partial charge on any atom is -0.384 e. The molecule has 19 heavy (non-hydrogen) atoms. The van der Waals surface area contributed by atoms with Crippen molar-refractivity contribution in [1.82, 2.24) is 5.32 Å². The quantitative estimate of drug-likeness (QED) is 0.772. The fourth-order valence-corrected chi connectivity index (χ4v) is 1.81. The molecule has 0 spiro atoms. The Balaban J connectivity index is 2.08. The maximum Gasteiger partial charge on any atom is 0.251 e. The lowest BCUT2D eigenvalue weighted by atomic mass is 10.1. The molecule has 5 heteroatoms. The second-order valence-electron chi connectivity index (χ2n) is 4.19. The van der Waals surface area contributed by atoms with Gasteiger partial charge in [0.25, 0.3) is 5.91 Å². The second-order valence-corrected chi connectivity index (χ2v) is 4.19. The number of benzene rings is 1. The van der Waals surface area contributed by atoms with Crippen LogP contribution in [0.2, 0.25) is 0 Å². The molecule has 2 rings (SSSR count). The van der Waals surface area contributed by atoms with Crippen LogP contribution in [0.3, 0.4) is 0 Å². The van der Waals surface area contributed by atoms with E-state index in [1.165, 1.54) is 12.1 Å². The Morgan fingerprint density at radius 3 is 3.05 bits per heavy atom. The van der Waals surface area contributed by atoms with Crippen molar-refractivity contribution in [2.75, 3.05) is 19.8 Å². The molecule has 4 nitrogen and oxygen atoms in total. The Morgan fingerprint density at radius 1 is 1.58 bits per heavy atom. The number of halogens is 1. The van der Waals surface area contributed by atoms with Crippen LogP contribution in [0.1, 0.15) is 22.3 Å². The molecule has 0 bridgehead atoms. The van der Waals surface area contributed by atoms with Crippen molar-refractivity contribution < 1.29 is 19.0 Å². The summed E-state index contributed by atoms with van der Waals surface area (Å²) >= 11 is 0. The van der Waals surface area contributed by atoms with E-state index in [-0.39, 0.29) is 29.7 Å². The summed E-state index contributed by atoms with van der Waals surface area (Å²) in [6.45, 7) is 0.798. The number of nitrogens with one attached hydrogen (secondary N) is 1. The number of rotatable bonds is 2. The molecule has 1 aliphatic rings. The third-order valence-electron chi connectivity index (χ3n) is 2.80. The molecule has 1 aliphatic heterocycles. The van der Waals surface area contributed by atoms with Crippen LogP contribution >= 0.6 is 0 Å². The summed E-state index contributed by atoms with van der Waals surface area (Å²) in [6.07, 6.45) is 0.772. The Morgan fingerprint density at radius 2 is 2.42 bits per heavy atom. The number of carbonyl (C=O) groups is 1. The van der Waals surface area contributed by atoms with Gasteiger partial charge < -0.3 is 15.2 Å². The number of amides is 1. The van der Waals surface area contributed by atoms with Crippen molar-refractivity contribution in [2.45, 2.75) is 12.5 Å². The highest BCUT2D eigenvalue weighted by Gasteiger charge is 2.19. The van der Waals surface area contributed by atoms with E-state index in [1.807, 2.05) is 0 Å². The van der Waals surface area contributed by atoms with E-state index in [2.05, 4.69) is 17.2 Å². The predicted octanol–water partition coefficient (Wildman–Crippen LogP) is 0.688. The average Bonchev–Trinajstić information content (AvgIpc) is 2.90. The summed E-state index contributed by atoms with van der Waals surface area (Å²) in [4.78, 5) is 11.9. The van der Waals surface area contributed by atoms with E-state index in [1.54, 1.807) is 0 Å². The number of hydrogen-bond acceptors (Lipinski definition) is 3. The molecule has 1 saturated heterocycles. The molecule has 1 aromatic rings. The van der Waals surface area contributed by atoms with Gasteiger partial charge in [-0.05, 0) is 24.6 Å². The molecule has 1 atom stereocenters. The summed E-state index contributed by atoms with van der Waals surface area (Å²) in [5, 5.41) is 11.3. The Hall–Kier alpha value is -1.90. The van der Waals surface area contributed by atoms with Gasteiger partial charge in [-0.3, -0.25) is 4.79 Å². The molecule has 0 aromatic heterocycles. The van der Waals surface area contributed by atoms with E-state index in [0.29, 0.717) is 13.2 Å². The summed E-state index contributed by atoms with van der Waals surface area (Å²) in [7, 11) is 0. The number of carbonyl (C=O) groups excluding carboxylic acids is 1. The lowest BCUT2D eigenvalue weighted by Gasteiger charge is -2.10. The van der Waals surface area contributed by atoms with Gasteiger partial charge in [0, 0.05) is 12.2 Å². The monoisotopic (exact) mass is 263 g/mol. The van der Waals surface area contributed by atoms with Gasteiger partial charge in [-0.1, -0.05) is 11.8 Å². The van der Waals surface area contributed by atoms with E-state index in [4.69, 9.17) is 9.84 Å². The number of ether oxygens (including phenoxy) is 1. The Labute approximate surface area is 110 Å². The molecule has 0 saturated carbocycles. The summed E-state index contributed by atoms with van der Waals surface area (Å²) in [5.74, 6) is 3.94. The minimum absolute atomic E-state index is 0.00980. The van der Waals surface area contributed by atoms with Gasteiger partial charge in [-0.15, -0.1) is 0 Å². The summed E-state index contributed by atoms with van der Waals surface area (Å²) in [6, 6.07) is 4.07. The van der Waals surface area contributed by atoms with Crippen LogP contribution in [0.5, 0.6) is 0 Å². The van der Waals surface area contributed by atoms with Crippen LogP contribution in [0, 0.1) is 17.7 Å². The molecule has 0 radical (unpaired) electrons. The summed E-state index contributed by atoms with van der Waals surface area (Å²) in [5.41, 5.74) is 0.411. The molecule has 1 fully saturated rings. The van der Waals surface area contributed by atoms with Crippen LogP contribution < -0.4 is 5.32 Å². The largest absolute Gasteiger partial charge is 0.384 e. The standard InChI is InChI=1S/C14H14FNO3/c15-13-8-11(4-3-10(13)2-1-6-17)14(18)16-12-5-7-19-9-12/h3-4,8,12,17H,5-7,9H2,(H,16,18). The number of aliphatic hydroxyl groups excluding tert-OH is 1. The maximum atomic E-state index is 13.7. The normalized spacial score (nSPS) is 17.7. The highest BCUT2D eigenvalue weighted by molar-refractivity contribution is 5.94. The fourth-order valence-electron chi connectivity index (χ4n) is 1.81. The van der Waals surface area contributed by atoms with Crippen molar-refractivity contribution in [3.63, 3.8) is 0 Å². The zero-order valence-corrected chi connectivity index (χ0v) is 10.3. The van der Waals surface area contributed by atoms with E-state index < -0.39 is 5.82 Å². The van der Waals surface area contributed by atoms with E-state index >= 15 is 0 Å². The highest BCUT2D eigenvalue weighted by atomic mass is 19.1. The minimum atomic E-state index is -0.573. The second kappa shape index (κ2) is 6.32. The van der Waals surface area contributed by atoms with Gasteiger partial charge in [-0.2, -0.15) is 0 Å². The Bertz CT molecular complexity index is 527. The molecule has 1 aromatic carbocycles. The first-order chi connectivity index (χ1) is 9.20. The SMILES string of the molecule is O=C(NC1CCOC1)c1ccc(C#CCO)c(F)c1. The van der Waals surface area contributed by atoms with Crippen molar-refractivity contribution in [1.29, 1.82) is 0 Å². The van der Waals surface area contributed by atoms with Crippen LogP contribution in [-0.4, -0.2) is 36.9 Å². The van der Waals surface area contributed by atoms with Crippen molar-refractivity contribution in [2.24, 2.45) is 0 Å². The van der Waals surface area contributed by atoms with Crippen LogP contribution in [0.4, 0.5) is 4.39 Å². The molecule has 1 heterocycles. The average molecular weight is 263 g/mol. The van der Waals surface area contributed by atoms with Crippen LogP contribution in [0.15, 0.2) is 18.2 Å². The molecular formula is C14H14FNO3. The van der Waals surface area contributed by atoms with Gasteiger partial charge in [-0.25, -0.2) is 4.39 Å². The number of hydrogen-bond donors (Lipinski definition) is 2. The molecule has 1 amide bonds. The fraction of sp³-hybridized carbons (Fsp3) is 0.357. The zero-order valence-electron chi connectivity index (χ0n) is 10.3. The predicted molar refractivity (Wildman–Crippen MR) is 67.1 cm³/mol. The lowest BCUT2D eigenvalue weighted by molar-refractivity contribution is 0.0929. The van der Waals surface area contributed by atoms with Gasteiger partial charge in [0.1, 0.15) is 12.4 Å². The van der Waals surface area contributed by atoms with Gasteiger partial charge in [0.2, 0.25) is 0 Å². The van der Waals surface area contributed by atoms with Crippen molar-refractivity contribution >= 4 is 5.91 Å². The van der Waals surface area contributed by atoms with Gasteiger partial charge in [0.05, 0.1) is 18.2 Å². The lowest BCUT2D eigenvalue weighted by Crippen LogP contribution is -2.35. The molecule has 1 unspecified atom stereocenters. The van der Waals surface area contributed by atoms with Crippen molar-refractivity contribution in [3.8, 4) is 11.8 Å². The smallest absolute Gasteiger partial charge is 0.251 e. The first-order valence-electron chi connectivity index (χ1n) is 5.98. The van der Waals surface area contributed by atoms with Gasteiger partial charge in [0.15, 0.2) is 0 Å². The van der Waals surface area contributed by atoms with Crippen molar-refractivity contribution in [3.05, 3.63) is 35.1 Å². The van der Waals surface area contributed by atoms with Gasteiger partial charge >= 0.3 is 0 Å². The topological polar surface area (TPSA) is 58.6 Å². The van der Waals surface area contributed by atoms with E-state index in [9.17, 15) is 9.18 Å². The first-order valence-corrected chi connectivity index (χ1v) is 5.98. The maximum absolute atomic E-state index is 13.7. The third-order valence-corrected chi connectivity index (χ3v) is 2.80.